The van der Waals surface area contributed by atoms with E-state index in [0.29, 0.717) is 10.8 Å². The molecule has 2 aromatic heterocycles. The lowest BCUT2D eigenvalue weighted by Crippen LogP contribution is -2.33. The predicted octanol–water partition coefficient (Wildman–Crippen LogP) is 5.72. The van der Waals surface area contributed by atoms with Crippen molar-refractivity contribution in [1.82, 2.24) is 9.97 Å². The number of halogens is 11. The van der Waals surface area contributed by atoms with E-state index in [9.17, 15) is 47.9 Å². The summed E-state index contributed by atoms with van der Waals surface area (Å²) in [6, 6.07) is 2.47. The maximum absolute atomic E-state index is 12.6. The van der Waals surface area contributed by atoms with Gasteiger partial charge in [-0.15, -0.1) is 0 Å². The molecular weight excluding hydrogens is 633 g/mol. The molecule has 0 amide bonds. The summed E-state index contributed by atoms with van der Waals surface area (Å²) in [5.41, 5.74) is -1.94. The average molecular weight is 643 g/mol. The molecule has 2 aromatic rings. The SMILES string of the molecule is NC(c1ccc(Br)nc1)C(F)(F)F.O=S(=O)(OC(c1ccc(Br)nc1)C(F)(F)F)C(F)(F)F. The monoisotopic (exact) mass is 641 g/mol. The molecule has 0 fully saturated rings. The molecule has 0 spiro atoms. The lowest BCUT2D eigenvalue weighted by Gasteiger charge is -2.21. The van der Waals surface area contributed by atoms with Gasteiger partial charge in [-0.1, -0.05) is 12.1 Å². The molecule has 6 nitrogen and oxygen atoms in total. The minimum Gasteiger partial charge on any atom is -0.316 e. The second-order valence-corrected chi connectivity index (χ2v) is 8.95. The van der Waals surface area contributed by atoms with Gasteiger partial charge in [-0.3, -0.25) is 0 Å². The second kappa shape index (κ2) is 10.8. The molecule has 2 heterocycles. The molecule has 0 aliphatic rings. The molecule has 2 N–H and O–H groups in total. The molecule has 0 radical (unpaired) electrons. The first kappa shape index (κ1) is 29.5. The minimum absolute atomic E-state index is 0.0456. The van der Waals surface area contributed by atoms with Gasteiger partial charge in [0, 0.05) is 18.0 Å². The summed E-state index contributed by atoms with van der Waals surface area (Å²) in [5.74, 6) is 0. The molecule has 18 heteroatoms. The van der Waals surface area contributed by atoms with Crippen LogP contribution in [-0.4, -0.2) is 36.2 Å². The van der Waals surface area contributed by atoms with Gasteiger partial charge in [-0.25, -0.2) is 14.2 Å². The smallest absolute Gasteiger partial charge is 0.316 e. The van der Waals surface area contributed by atoms with Crippen LogP contribution in [0.25, 0.3) is 0 Å². The Morgan fingerprint density at radius 3 is 1.52 bits per heavy atom. The summed E-state index contributed by atoms with van der Waals surface area (Å²) in [5, 5.41) is 0. The second-order valence-electron chi connectivity index (χ2n) is 5.77. The molecule has 186 valence electrons. The Morgan fingerprint density at radius 2 is 1.21 bits per heavy atom. The third-order valence-corrected chi connectivity index (χ3v) is 5.27. The van der Waals surface area contributed by atoms with E-state index in [4.69, 9.17) is 5.73 Å². The van der Waals surface area contributed by atoms with Gasteiger partial charge >= 0.3 is 28.0 Å². The van der Waals surface area contributed by atoms with E-state index in [1.165, 1.54) is 12.1 Å². The van der Waals surface area contributed by atoms with Crippen LogP contribution in [0.5, 0.6) is 0 Å². The van der Waals surface area contributed by atoms with Crippen LogP contribution in [-0.2, 0) is 14.3 Å². The van der Waals surface area contributed by atoms with Crippen molar-refractivity contribution in [3.05, 3.63) is 57.0 Å². The number of nitrogens with two attached hydrogens (primary N) is 1. The van der Waals surface area contributed by atoms with E-state index in [1.54, 1.807) is 0 Å². The van der Waals surface area contributed by atoms with Crippen molar-refractivity contribution in [2.45, 2.75) is 30.0 Å². The van der Waals surface area contributed by atoms with Crippen LogP contribution in [0.15, 0.2) is 45.9 Å². The van der Waals surface area contributed by atoms with E-state index in [0.717, 1.165) is 18.3 Å². The van der Waals surface area contributed by atoms with Gasteiger partial charge in [0.2, 0.25) is 0 Å². The summed E-state index contributed by atoms with van der Waals surface area (Å²) in [6.07, 6.45) is -11.4. The number of rotatable bonds is 4. The van der Waals surface area contributed by atoms with Gasteiger partial charge in [0.1, 0.15) is 15.2 Å². The maximum atomic E-state index is 12.6. The fourth-order valence-electron chi connectivity index (χ4n) is 1.78. The van der Waals surface area contributed by atoms with Crippen LogP contribution in [0.1, 0.15) is 23.3 Å². The highest BCUT2D eigenvalue weighted by Crippen LogP contribution is 2.40. The highest BCUT2D eigenvalue weighted by molar-refractivity contribution is 9.10. The molecule has 0 aromatic carbocycles. The molecule has 0 aliphatic heterocycles. The Balaban J connectivity index is 0.000000361. The Kier molecular flexibility index (Phi) is 9.69. The van der Waals surface area contributed by atoms with Crippen LogP contribution < -0.4 is 5.73 Å². The summed E-state index contributed by atoms with van der Waals surface area (Å²) in [6.45, 7) is 0. The fraction of sp³-hybridized carbons (Fsp3) is 0.333. The number of aromatic nitrogens is 2. The van der Waals surface area contributed by atoms with Crippen LogP contribution >= 0.6 is 31.9 Å². The third kappa shape index (κ3) is 8.99. The molecule has 2 atom stereocenters. The molecule has 0 saturated carbocycles. The van der Waals surface area contributed by atoms with E-state index in [2.05, 4.69) is 46.0 Å². The molecule has 2 unspecified atom stereocenters. The minimum atomic E-state index is -6.40. The van der Waals surface area contributed by atoms with Crippen LogP contribution in [0.4, 0.5) is 39.5 Å². The molecule has 0 aliphatic carbocycles. The lowest BCUT2D eigenvalue weighted by molar-refractivity contribution is -0.200. The third-order valence-electron chi connectivity index (χ3n) is 3.32. The first-order valence-corrected chi connectivity index (χ1v) is 10.9. The highest BCUT2D eigenvalue weighted by Gasteiger charge is 2.54. The first-order chi connectivity index (χ1) is 14.8. The maximum Gasteiger partial charge on any atom is 0.523 e. The number of pyridine rings is 2. The van der Waals surface area contributed by atoms with Crippen molar-refractivity contribution >= 4 is 42.0 Å². The number of nitrogens with zero attached hydrogens (tertiary/aromatic N) is 2. The van der Waals surface area contributed by atoms with Crippen LogP contribution in [0.2, 0.25) is 0 Å². The first-order valence-electron chi connectivity index (χ1n) is 7.87. The van der Waals surface area contributed by atoms with Crippen molar-refractivity contribution < 1.29 is 52.1 Å². The standard InChI is InChI=1S/C8H4BrF6NO3S.C7H6BrF3N2/c9-5-2-1-4(3-16-5)6(7(10,11)12)19-20(17,18)8(13,14)15;8-5-2-1-4(3-13-5)6(12)7(9,10)11/h1-3,6H;1-3,6H,12H2. The summed E-state index contributed by atoms with van der Waals surface area (Å²) >= 11 is 5.82. The van der Waals surface area contributed by atoms with Gasteiger partial charge in [0.15, 0.2) is 6.10 Å². The van der Waals surface area contributed by atoms with Gasteiger partial charge in [0.05, 0.1) is 0 Å². The van der Waals surface area contributed by atoms with Crippen molar-refractivity contribution in [3.63, 3.8) is 0 Å². The number of hydrogen-bond donors (Lipinski definition) is 1. The predicted molar refractivity (Wildman–Crippen MR) is 102 cm³/mol. The average Bonchev–Trinajstić information content (AvgIpc) is 2.65. The van der Waals surface area contributed by atoms with Crippen LogP contribution in [0, 0.1) is 0 Å². The van der Waals surface area contributed by atoms with Gasteiger partial charge in [-0.2, -0.15) is 47.9 Å². The van der Waals surface area contributed by atoms with E-state index in [1.807, 2.05) is 0 Å². The van der Waals surface area contributed by atoms with Gasteiger partial charge in [-0.05, 0) is 49.6 Å². The summed E-state index contributed by atoms with van der Waals surface area (Å²) in [7, 11) is -6.40. The topological polar surface area (TPSA) is 95.2 Å². The molecule has 0 saturated heterocycles. The normalized spacial score (nSPS) is 14.8. The zero-order valence-corrected chi connectivity index (χ0v) is 19.4. The number of hydrogen-bond acceptors (Lipinski definition) is 6. The van der Waals surface area contributed by atoms with Crippen LogP contribution in [0.3, 0.4) is 0 Å². The van der Waals surface area contributed by atoms with E-state index >= 15 is 0 Å². The van der Waals surface area contributed by atoms with Gasteiger partial charge in [0.25, 0.3) is 0 Å². The van der Waals surface area contributed by atoms with Gasteiger partial charge < -0.3 is 5.73 Å². The fourth-order valence-corrected chi connectivity index (χ4v) is 2.83. The Hall–Kier alpha value is -1.50. The molecular formula is C15H10Br2F9N3O3S. The molecule has 33 heavy (non-hydrogen) atoms. The van der Waals surface area contributed by atoms with E-state index in [-0.39, 0.29) is 10.2 Å². The summed E-state index contributed by atoms with van der Waals surface area (Å²) < 4.78 is 135. The van der Waals surface area contributed by atoms with Crippen molar-refractivity contribution in [3.8, 4) is 0 Å². The van der Waals surface area contributed by atoms with E-state index < -0.39 is 45.7 Å². The Labute approximate surface area is 196 Å². The molecule has 2 rings (SSSR count). The largest absolute Gasteiger partial charge is 0.523 e. The Morgan fingerprint density at radius 1 is 0.788 bits per heavy atom. The van der Waals surface area contributed by atoms with Crippen molar-refractivity contribution in [1.29, 1.82) is 0 Å². The zero-order valence-electron chi connectivity index (χ0n) is 15.4. The lowest BCUT2D eigenvalue weighted by atomic mass is 10.1. The summed E-state index contributed by atoms with van der Waals surface area (Å²) in [4.78, 5) is 7.02. The number of alkyl halides is 9. The molecule has 0 bridgehead atoms. The van der Waals surface area contributed by atoms with Crippen molar-refractivity contribution in [2.75, 3.05) is 0 Å². The quantitative estimate of drug-likeness (QED) is 0.198. The Bertz CT molecular complexity index is 1010. The van der Waals surface area contributed by atoms with Crippen molar-refractivity contribution in [2.24, 2.45) is 5.73 Å². The zero-order chi connectivity index (χ0) is 25.8. The highest BCUT2D eigenvalue weighted by atomic mass is 79.9.